The number of hydrogen-bond donors (Lipinski definition) is 2. The second-order valence-electron chi connectivity index (χ2n) is 4.84. The van der Waals surface area contributed by atoms with Crippen molar-refractivity contribution in [3.8, 4) is 0 Å². The van der Waals surface area contributed by atoms with Crippen LogP contribution >= 0.6 is 45.7 Å². The summed E-state index contributed by atoms with van der Waals surface area (Å²) in [6.07, 6.45) is 0. The van der Waals surface area contributed by atoms with Gasteiger partial charge in [-0.15, -0.1) is 0 Å². The van der Waals surface area contributed by atoms with Crippen molar-refractivity contribution in [2.45, 2.75) is 52.7 Å². The van der Waals surface area contributed by atoms with Gasteiger partial charge >= 0.3 is 0 Å². The molecule has 0 saturated carbocycles. The topological polar surface area (TPSA) is 61.4 Å². The van der Waals surface area contributed by atoms with Crippen LogP contribution in [0.1, 0.15) is 34.6 Å². The van der Waals surface area contributed by atoms with Crippen LogP contribution in [0.25, 0.3) is 0 Å². The predicted molar refractivity (Wildman–Crippen MR) is 89.4 cm³/mol. The molecule has 0 heterocycles. The lowest BCUT2D eigenvalue weighted by Crippen LogP contribution is -2.53. The number of halogens is 2. The Morgan fingerprint density at radius 1 is 1.06 bits per heavy atom. The van der Waals surface area contributed by atoms with Crippen molar-refractivity contribution in [2.75, 3.05) is 0 Å². The lowest BCUT2D eigenvalue weighted by atomic mass is 10.0. The zero-order valence-electron chi connectivity index (χ0n) is 11.3. The Morgan fingerprint density at radius 2 is 1.56 bits per heavy atom. The van der Waals surface area contributed by atoms with E-state index < -0.39 is 6.04 Å². The van der Waals surface area contributed by atoms with E-state index in [-0.39, 0.29) is 29.8 Å². The average Bonchev–Trinajstić information content (AvgIpc) is 2.23. The molecule has 0 aliphatic rings. The highest BCUT2D eigenvalue weighted by Crippen LogP contribution is 2.10. The van der Waals surface area contributed by atoms with Crippen LogP contribution in [0.15, 0.2) is 0 Å². The van der Waals surface area contributed by atoms with Crippen LogP contribution in [-0.2, 0) is 9.59 Å². The summed E-state index contributed by atoms with van der Waals surface area (Å²) in [6, 6.07) is -0.571. The van der Waals surface area contributed by atoms with E-state index >= 15 is 0 Å². The maximum Gasteiger partial charge on any atom is 0.262 e. The number of carbonyl (C=O) groups is 2. The van der Waals surface area contributed by atoms with E-state index in [1.165, 1.54) is 1.33 Å². The van der Waals surface area contributed by atoms with Gasteiger partial charge in [0.15, 0.2) is 0 Å². The smallest absolute Gasteiger partial charge is 0.262 e. The SMILES string of the molecule is CC(C)N[C@H](C(=O)N[C@@H](C)C(=O)N(I)I)C(C)C. The van der Waals surface area contributed by atoms with Crippen LogP contribution < -0.4 is 10.6 Å². The van der Waals surface area contributed by atoms with E-state index in [1.54, 1.807) is 6.92 Å². The van der Waals surface area contributed by atoms with Gasteiger partial charge in [-0.25, -0.2) is 1.33 Å². The molecule has 0 spiro atoms. The summed E-state index contributed by atoms with van der Waals surface area (Å²) in [7, 11) is 0. The monoisotopic (exact) mass is 481 g/mol. The fraction of sp³-hybridized carbons (Fsp3) is 0.818. The number of nitrogens with zero attached hydrogens (tertiary/aromatic N) is 1. The zero-order chi connectivity index (χ0) is 14.5. The van der Waals surface area contributed by atoms with Crippen molar-refractivity contribution in [2.24, 2.45) is 5.92 Å². The number of rotatable bonds is 6. The fourth-order valence-corrected chi connectivity index (χ4v) is 2.28. The molecule has 18 heavy (non-hydrogen) atoms. The van der Waals surface area contributed by atoms with E-state index in [9.17, 15) is 9.59 Å². The van der Waals surface area contributed by atoms with E-state index in [2.05, 4.69) is 10.6 Å². The van der Waals surface area contributed by atoms with Crippen LogP contribution in [0.2, 0.25) is 0 Å². The van der Waals surface area contributed by atoms with Crippen molar-refractivity contribution >= 4 is 57.5 Å². The Morgan fingerprint density at radius 3 is 1.89 bits per heavy atom. The molecule has 0 saturated heterocycles. The third kappa shape index (κ3) is 6.50. The third-order valence-electron chi connectivity index (χ3n) is 2.36. The molecule has 2 N–H and O–H groups in total. The first-order valence-corrected chi connectivity index (χ1v) is 7.81. The minimum atomic E-state index is -0.512. The molecular weight excluding hydrogens is 460 g/mol. The maximum absolute atomic E-state index is 12.1. The molecule has 0 aromatic rings. The van der Waals surface area contributed by atoms with Gasteiger partial charge in [0.25, 0.3) is 5.91 Å². The molecule has 0 rings (SSSR count). The van der Waals surface area contributed by atoms with Gasteiger partial charge in [0, 0.05) is 6.04 Å². The van der Waals surface area contributed by atoms with Gasteiger partial charge in [0.2, 0.25) is 5.91 Å². The maximum atomic E-state index is 12.1. The van der Waals surface area contributed by atoms with E-state index in [0.29, 0.717) is 0 Å². The molecule has 0 aliphatic heterocycles. The molecule has 0 aromatic carbocycles. The highest BCUT2D eigenvalue weighted by molar-refractivity contribution is 14.2. The Balaban J connectivity index is 4.56. The molecule has 0 radical (unpaired) electrons. The van der Waals surface area contributed by atoms with Gasteiger partial charge in [-0.05, 0) is 12.8 Å². The van der Waals surface area contributed by atoms with Crippen molar-refractivity contribution in [1.82, 2.24) is 12.0 Å². The van der Waals surface area contributed by atoms with Gasteiger partial charge in [-0.1, -0.05) is 27.7 Å². The number of carbonyl (C=O) groups excluding carboxylic acids is 2. The average molecular weight is 481 g/mol. The highest BCUT2D eigenvalue weighted by atomic mass is 127. The summed E-state index contributed by atoms with van der Waals surface area (Å²) >= 11 is 3.77. The molecule has 0 bridgehead atoms. The summed E-state index contributed by atoms with van der Waals surface area (Å²) in [4.78, 5) is 23.8. The Bertz CT molecular complexity index is 296. The molecule has 0 fully saturated rings. The first kappa shape index (κ1) is 18.4. The Kier molecular flexibility index (Phi) is 8.69. The lowest BCUT2D eigenvalue weighted by Gasteiger charge is -2.25. The van der Waals surface area contributed by atoms with Crippen molar-refractivity contribution < 1.29 is 9.59 Å². The molecule has 0 unspecified atom stereocenters. The van der Waals surface area contributed by atoms with Crippen LogP contribution in [0.4, 0.5) is 0 Å². The van der Waals surface area contributed by atoms with E-state index in [0.717, 1.165) is 0 Å². The van der Waals surface area contributed by atoms with Gasteiger partial charge in [0.05, 0.1) is 51.8 Å². The van der Waals surface area contributed by atoms with Crippen LogP contribution in [0.5, 0.6) is 0 Å². The molecule has 2 amide bonds. The third-order valence-corrected chi connectivity index (χ3v) is 3.31. The minimum absolute atomic E-state index is 0.128. The van der Waals surface area contributed by atoms with E-state index in [4.69, 9.17) is 0 Å². The standard InChI is InChI=1S/C11H21I2N3O2/c1-6(2)9(14-7(3)4)10(17)15-8(5)11(18)16(12)13/h6-9,14H,1-5H3,(H,15,17)/t8-,9-/m0/s1. The summed E-state index contributed by atoms with van der Waals surface area (Å²) < 4.78 is 1.42. The van der Waals surface area contributed by atoms with Gasteiger partial charge < -0.3 is 10.6 Å². The van der Waals surface area contributed by atoms with Crippen molar-refractivity contribution in [1.29, 1.82) is 0 Å². The number of hydrogen-bond acceptors (Lipinski definition) is 3. The number of nitrogens with one attached hydrogen (secondary N) is 2. The van der Waals surface area contributed by atoms with E-state index in [1.807, 2.05) is 73.4 Å². The van der Waals surface area contributed by atoms with Gasteiger partial charge in [-0.2, -0.15) is 0 Å². The summed E-state index contributed by atoms with van der Waals surface area (Å²) in [5.41, 5.74) is 0. The van der Waals surface area contributed by atoms with Gasteiger partial charge in [-0.3, -0.25) is 9.59 Å². The molecule has 2 atom stereocenters. The molecule has 7 heteroatoms. The van der Waals surface area contributed by atoms with Crippen LogP contribution in [0, 0.1) is 5.92 Å². The first-order chi connectivity index (χ1) is 8.16. The quantitative estimate of drug-likeness (QED) is 0.452. The molecule has 0 aliphatic carbocycles. The first-order valence-electron chi connectivity index (χ1n) is 5.88. The molecular formula is C11H21I2N3O2. The summed E-state index contributed by atoms with van der Waals surface area (Å²) in [6.45, 7) is 9.64. The molecule has 5 nitrogen and oxygen atoms in total. The van der Waals surface area contributed by atoms with Crippen molar-refractivity contribution in [3.05, 3.63) is 0 Å². The predicted octanol–water partition coefficient (Wildman–Crippen LogP) is 2.04. The summed E-state index contributed by atoms with van der Waals surface area (Å²) in [5, 5.41) is 5.96. The lowest BCUT2D eigenvalue weighted by molar-refractivity contribution is -0.130. The summed E-state index contributed by atoms with van der Waals surface area (Å²) in [5.74, 6) is -0.0872. The Labute approximate surface area is 137 Å². The minimum Gasteiger partial charge on any atom is -0.343 e. The van der Waals surface area contributed by atoms with Crippen LogP contribution in [0.3, 0.4) is 0 Å². The van der Waals surface area contributed by atoms with Crippen LogP contribution in [-0.4, -0.2) is 31.3 Å². The Hall–Kier alpha value is 0.360. The highest BCUT2D eigenvalue weighted by Gasteiger charge is 2.26. The normalized spacial score (nSPS) is 14.5. The zero-order valence-corrected chi connectivity index (χ0v) is 15.6. The molecule has 106 valence electrons. The van der Waals surface area contributed by atoms with Gasteiger partial charge in [0.1, 0.15) is 6.04 Å². The second kappa shape index (κ2) is 8.51. The molecule has 0 aromatic heterocycles. The number of amides is 2. The fourth-order valence-electron chi connectivity index (χ4n) is 1.44. The largest absolute Gasteiger partial charge is 0.343 e. The second-order valence-corrected chi connectivity index (χ2v) is 8.62. The van der Waals surface area contributed by atoms with Crippen molar-refractivity contribution in [3.63, 3.8) is 0 Å².